The van der Waals surface area contributed by atoms with Gasteiger partial charge in [-0.25, -0.2) is 9.59 Å². The van der Waals surface area contributed by atoms with Crippen LogP contribution < -0.4 is 31.9 Å². The zero-order valence-electron chi connectivity index (χ0n) is 50.6. The van der Waals surface area contributed by atoms with Crippen LogP contribution in [0, 0.1) is 0 Å². The van der Waals surface area contributed by atoms with Gasteiger partial charge in [-0.05, 0) is 70.9 Å². The van der Waals surface area contributed by atoms with Gasteiger partial charge >= 0.3 is 11.9 Å². The van der Waals surface area contributed by atoms with Crippen molar-refractivity contribution >= 4 is 92.5 Å². The largest absolute Gasteiger partial charge is 0.477 e. The van der Waals surface area contributed by atoms with Gasteiger partial charge in [0.15, 0.2) is 0 Å². The summed E-state index contributed by atoms with van der Waals surface area (Å²) in [6.07, 6.45) is -14.6. The molecule has 2 fully saturated rings. The van der Waals surface area contributed by atoms with Crippen LogP contribution in [0.25, 0.3) is 22.3 Å². The first-order chi connectivity index (χ1) is 44.0. The van der Waals surface area contributed by atoms with Gasteiger partial charge in [-0.3, -0.25) is 28.8 Å². The Morgan fingerprint density at radius 3 is 1.20 bits per heavy atom. The second kappa shape index (κ2) is 37.5. The van der Waals surface area contributed by atoms with Crippen LogP contribution in [0.1, 0.15) is 60.2 Å². The van der Waals surface area contributed by atoms with Gasteiger partial charge < -0.3 is 91.7 Å². The van der Waals surface area contributed by atoms with Crippen LogP contribution in [0.15, 0.2) is 109 Å². The molecule has 4 aromatic carbocycles. The number of hydrogen-bond acceptors (Lipinski definition) is 22. The molecule has 2 saturated heterocycles. The summed E-state index contributed by atoms with van der Waals surface area (Å²) in [6.45, 7) is 1.58. The zero-order chi connectivity index (χ0) is 66.8. The van der Waals surface area contributed by atoms with E-state index in [-0.39, 0.29) is 47.7 Å². The maximum absolute atomic E-state index is 13.0. The molecular weight excluding hydrogens is 1280 g/mol. The van der Waals surface area contributed by atoms with Crippen LogP contribution in [-0.2, 0) is 47.7 Å². The summed E-state index contributed by atoms with van der Waals surface area (Å²) >= 11 is 2.88. The average Bonchev–Trinajstić information content (AvgIpc) is 0.780. The van der Waals surface area contributed by atoms with Crippen molar-refractivity contribution in [2.75, 3.05) is 73.9 Å². The number of carbonyl (C=O) groups is 8. The third kappa shape index (κ3) is 22.7. The second-order valence-electron chi connectivity index (χ2n) is 21.6. The molecule has 12 atom stereocenters. The number of amides is 6. The summed E-state index contributed by atoms with van der Waals surface area (Å²) in [5, 5.41) is 103. The van der Waals surface area contributed by atoms with Gasteiger partial charge in [0.25, 0.3) is 23.4 Å². The molecular formula is C62H80N6O20S4. The smallest absolute Gasteiger partial charge is 0.364 e. The summed E-state index contributed by atoms with van der Waals surface area (Å²) in [7, 11) is 2.38. The standard InChI is InChI=1S/C62H80N6O20S4/c1-37(69)67-51-45(71)31-61(59(81)82,87-55(51)53(77)47(73)33-65-57(79)43-19-15-41(16-20-43)39-11-5-3-6-12-39)85-25-9-27-89-29-23-63-49(75)35-91-92-36-50(76)64-24-30-90-28-10-26-86-62(60(83)84)32-46(72)52(68-38(2)70)56(88-62)54(78)48(74)34-66-58(80)44-21-17-42(18-22-44)40-13-7-4-8-14-40/h3-8,11-22,45-48,51-56,71-74,77-78H,9-10,23-36H2,1-2H3,(H,63,75)(H,64,76)(H,65,79)(H,66,80)(H,67,69)(H,68,70)(H,81,82)(H,83,84)/t45-,46-,47+,48+,51+,52+,53+,54+,55+,56?,61+,62+/m0/s1. The molecule has 2 aliphatic rings. The average molecular weight is 1360 g/mol. The topological polar surface area (TPSA) is 408 Å². The molecule has 0 aromatic heterocycles. The van der Waals surface area contributed by atoms with Crippen molar-refractivity contribution < 1.29 is 98.2 Å². The van der Waals surface area contributed by atoms with Crippen LogP contribution in [0.2, 0.25) is 0 Å². The fraction of sp³-hybridized carbons (Fsp3) is 0.484. The summed E-state index contributed by atoms with van der Waals surface area (Å²) < 4.78 is 23.1. The van der Waals surface area contributed by atoms with Gasteiger partial charge in [0.2, 0.25) is 23.6 Å². The number of ether oxygens (including phenoxy) is 4. The first-order valence-corrected chi connectivity index (χ1v) is 34.4. The number of benzene rings is 4. The third-order valence-corrected chi connectivity index (χ3v) is 18.9. The van der Waals surface area contributed by atoms with Gasteiger partial charge in [0.1, 0.15) is 24.4 Å². The van der Waals surface area contributed by atoms with E-state index >= 15 is 0 Å². The number of rotatable bonds is 37. The number of hydrogen-bond donors (Lipinski definition) is 14. The van der Waals surface area contributed by atoms with Crippen molar-refractivity contribution in [2.24, 2.45) is 0 Å². The van der Waals surface area contributed by atoms with Crippen LogP contribution >= 0.6 is 45.1 Å². The molecule has 2 aliphatic heterocycles. The van der Waals surface area contributed by atoms with E-state index in [1.54, 1.807) is 48.5 Å². The maximum atomic E-state index is 13.0. The Labute approximate surface area is 548 Å². The minimum absolute atomic E-state index is 0.0731. The number of carboxylic acids is 2. The fourth-order valence-electron chi connectivity index (χ4n) is 9.89. The van der Waals surface area contributed by atoms with Crippen molar-refractivity contribution in [1.82, 2.24) is 31.9 Å². The van der Waals surface area contributed by atoms with E-state index in [9.17, 15) is 79.2 Å². The number of aliphatic carboxylic acids is 2. The van der Waals surface area contributed by atoms with Crippen LogP contribution in [0.3, 0.4) is 0 Å². The molecule has 30 heteroatoms. The first-order valence-electron chi connectivity index (χ1n) is 29.6. The SMILES string of the molecule is CC(=O)N[C@H]1[C@H]([C@H](O)[C@H](O)CNC(=O)c2ccc(-c3ccccc3)cc2)O[C@@](OCCCSCCNC(=O)CSSCC(=O)NCCSCCCO[C@]2(C(=O)O)C[C@H](O)[C@@H](NC(C)=O)C([C@H](O)[C@H](O)CNC(=O)c3ccc(-c4ccccc4)cc3)O2)(C(=O)O)C[C@@H]1O. The minimum atomic E-state index is -2.48. The van der Waals surface area contributed by atoms with Gasteiger partial charge in [0, 0.05) is 75.5 Å². The lowest BCUT2D eigenvalue weighted by Crippen LogP contribution is -2.68. The summed E-state index contributed by atoms with van der Waals surface area (Å²) in [5.41, 5.74) is 4.18. The molecule has 26 nitrogen and oxygen atoms in total. The lowest BCUT2D eigenvalue weighted by Gasteiger charge is -2.46. The molecule has 0 spiro atoms. The predicted octanol–water partition coefficient (Wildman–Crippen LogP) is 1.39. The molecule has 92 heavy (non-hydrogen) atoms. The normalized spacial score (nSPS) is 22.5. The molecule has 4 aromatic rings. The maximum Gasteiger partial charge on any atom is 0.364 e. The number of nitrogens with one attached hydrogen (secondary N) is 6. The Kier molecular flexibility index (Phi) is 30.4. The molecule has 502 valence electrons. The van der Waals surface area contributed by atoms with E-state index in [4.69, 9.17) is 18.9 Å². The van der Waals surface area contributed by atoms with E-state index in [1.165, 1.54) is 45.1 Å². The Bertz CT molecular complexity index is 2840. The summed E-state index contributed by atoms with van der Waals surface area (Å²) in [5.74, 6) is -9.04. The van der Waals surface area contributed by atoms with Crippen LogP contribution in [0.5, 0.6) is 0 Å². The first kappa shape index (κ1) is 74.7. The number of thioether (sulfide) groups is 2. The van der Waals surface area contributed by atoms with E-state index in [1.807, 2.05) is 60.7 Å². The quantitative estimate of drug-likeness (QED) is 0.0224. The zero-order valence-corrected chi connectivity index (χ0v) is 53.9. The molecule has 14 N–H and O–H groups in total. The Morgan fingerprint density at radius 1 is 0.511 bits per heavy atom. The number of aliphatic hydroxyl groups is 6. The van der Waals surface area contributed by atoms with Crippen molar-refractivity contribution in [2.45, 2.75) is 112 Å². The lowest BCUT2D eigenvalue weighted by atomic mass is 9.88. The third-order valence-electron chi connectivity index (χ3n) is 14.6. The Morgan fingerprint density at radius 2 is 0.859 bits per heavy atom. The van der Waals surface area contributed by atoms with E-state index in [0.29, 0.717) is 48.9 Å². The van der Waals surface area contributed by atoms with Crippen molar-refractivity contribution in [3.63, 3.8) is 0 Å². The van der Waals surface area contributed by atoms with Crippen LogP contribution in [0.4, 0.5) is 0 Å². The molecule has 0 aliphatic carbocycles. The minimum Gasteiger partial charge on any atom is -0.477 e. The van der Waals surface area contributed by atoms with Gasteiger partial charge in [-0.1, -0.05) is 107 Å². The van der Waals surface area contributed by atoms with E-state index in [0.717, 1.165) is 36.1 Å². The summed E-state index contributed by atoms with van der Waals surface area (Å²) in [6, 6.07) is 29.7. The number of aliphatic hydroxyl groups excluding tert-OH is 6. The molecule has 0 radical (unpaired) electrons. The number of carbonyl (C=O) groups excluding carboxylic acids is 6. The van der Waals surface area contributed by atoms with E-state index in [2.05, 4.69) is 31.9 Å². The molecule has 2 heterocycles. The number of carboxylic acid groups (broad SMARTS) is 2. The second-order valence-corrected chi connectivity index (χ2v) is 26.5. The molecule has 0 bridgehead atoms. The highest BCUT2D eigenvalue weighted by molar-refractivity contribution is 8.77. The Balaban J connectivity index is 0.813. The van der Waals surface area contributed by atoms with Crippen molar-refractivity contribution in [1.29, 1.82) is 0 Å². The van der Waals surface area contributed by atoms with E-state index < -0.39 is 134 Å². The monoisotopic (exact) mass is 1360 g/mol. The molecule has 0 saturated carbocycles. The fourth-order valence-corrected chi connectivity index (χ4v) is 13.2. The van der Waals surface area contributed by atoms with Crippen LogP contribution in [-0.4, -0.2) is 235 Å². The lowest BCUT2D eigenvalue weighted by molar-refractivity contribution is -0.310. The van der Waals surface area contributed by atoms with Crippen molar-refractivity contribution in [3.8, 4) is 22.3 Å². The Hall–Kier alpha value is -6.36. The molecule has 6 rings (SSSR count). The predicted molar refractivity (Wildman–Crippen MR) is 346 cm³/mol. The van der Waals surface area contributed by atoms with Gasteiger partial charge in [-0.15, -0.1) is 0 Å². The van der Waals surface area contributed by atoms with Gasteiger partial charge in [-0.2, -0.15) is 23.5 Å². The molecule has 1 unspecified atom stereocenters. The molecule has 6 amide bonds. The van der Waals surface area contributed by atoms with Crippen molar-refractivity contribution in [3.05, 3.63) is 120 Å². The highest BCUT2D eigenvalue weighted by Crippen LogP contribution is 2.36. The summed E-state index contributed by atoms with van der Waals surface area (Å²) in [4.78, 5) is 100. The highest BCUT2D eigenvalue weighted by atomic mass is 33.1. The van der Waals surface area contributed by atoms with Gasteiger partial charge in [0.05, 0.1) is 61.2 Å². The highest BCUT2D eigenvalue weighted by Gasteiger charge is 2.57.